The predicted octanol–water partition coefficient (Wildman–Crippen LogP) is 4.42. The van der Waals surface area contributed by atoms with Crippen LogP contribution in [-0.4, -0.2) is 44.6 Å². The Bertz CT molecular complexity index is 791. The highest BCUT2D eigenvalue weighted by Crippen LogP contribution is 2.33. The smallest absolute Gasteiger partial charge is 0.123 e. The van der Waals surface area contributed by atoms with Gasteiger partial charge in [0.2, 0.25) is 0 Å². The van der Waals surface area contributed by atoms with E-state index < -0.39 is 0 Å². The molecule has 0 atom stereocenters. The molecule has 0 N–H and O–H groups in total. The van der Waals surface area contributed by atoms with E-state index in [0.29, 0.717) is 11.6 Å². The Morgan fingerprint density at radius 3 is 2.77 bits per heavy atom. The highest BCUT2D eigenvalue weighted by molar-refractivity contribution is 6.33. The summed E-state index contributed by atoms with van der Waals surface area (Å²) in [5, 5.41) is 0.598. The third kappa shape index (κ3) is 4.74. The van der Waals surface area contributed by atoms with Crippen LogP contribution in [0.3, 0.4) is 0 Å². The summed E-state index contributed by atoms with van der Waals surface area (Å²) in [5.74, 6) is -0.224. The molecule has 2 aromatic carbocycles. The van der Waals surface area contributed by atoms with Gasteiger partial charge < -0.3 is 14.5 Å². The van der Waals surface area contributed by atoms with Gasteiger partial charge in [-0.3, -0.25) is 0 Å². The van der Waals surface area contributed by atoms with Crippen LogP contribution in [-0.2, 0) is 11.3 Å². The van der Waals surface area contributed by atoms with Crippen molar-refractivity contribution in [1.29, 1.82) is 0 Å². The average molecular weight is 376 g/mol. The van der Waals surface area contributed by atoms with Crippen LogP contribution in [0.2, 0.25) is 5.02 Å². The minimum absolute atomic E-state index is 0.224. The third-order valence-electron chi connectivity index (χ3n) is 4.39. The molecule has 1 heterocycles. The first-order chi connectivity index (χ1) is 12.5. The van der Waals surface area contributed by atoms with Crippen LogP contribution in [0.4, 0.5) is 15.8 Å². The van der Waals surface area contributed by atoms with Gasteiger partial charge in [0.05, 0.1) is 30.3 Å². The Morgan fingerprint density at radius 1 is 1.27 bits per heavy atom. The largest absolute Gasteiger partial charge is 0.378 e. The Hall–Kier alpha value is -2.11. The van der Waals surface area contributed by atoms with Crippen LogP contribution >= 0.6 is 11.6 Å². The number of benzene rings is 2. The maximum absolute atomic E-state index is 13.4. The van der Waals surface area contributed by atoms with Crippen molar-refractivity contribution in [3.63, 3.8) is 0 Å². The zero-order valence-electron chi connectivity index (χ0n) is 15.1. The Balaban J connectivity index is 1.74. The van der Waals surface area contributed by atoms with Crippen LogP contribution < -0.4 is 4.90 Å². The number of nitrogens with zero attached hydrogens (tertiary/aromatic N) is 3. The van der Waals surface area contributed by atoms with Crippen molar-refractivity contribution in [2.45, 2.75) is 13.5 Å². The molecule has 4 nitrogen and oxygen atoms in total. The minimum atomic E-state index is -0.224. The fourth-order valence-corrected chi connectivity index (χ4v) is 3.20. The molecule has 1 aliphatic rings. The van der Waals surface area contributed by atoms with Crippen molar-refractivity contribution in [3.05, 3.63) is 58.4 Å². The molecule has 0 amide bonds. The molecule has 138 valence electrons. The molecule has 0 saturated carbocycles. The molecular formula is C20H23ClFN3O. The SMILES string of the molecule is Cc1cc(/N=C/N2CCOCC2)c(Cl)cc1N(C)Cc1cccc(F)c1. The fourth-order valence-electron chi connectivity index (χ4n) is 3.00. The Morgan fingerprint density at radius 2 is 2.04 bits per heavy atom. The van der Waals surface area contributed by atoms with Gasteiger partial charge in [0.15, 0.2) is 0 Å². The molecular weight excluding hydrogens is 353 g/mol. The van der Waals surface area contributed by atoms with E-state index in [-0.39, 0.29) is 5.82 Å². The molecule has 2 aromatic rings. The lowest BCUT2D eigenvalue weighted by Crippen LogP contribution is -2.34. The lowest BCUT2D eigenvalue weighted by atomic mass is 10.1. The number of hydrogen-bond acceptors (Lipinski definition) is 3. The van der Waals surface area contributed by atoms with Crippen molar-refractivity contribution in [1.82, 2.24) is 4.90 Å². The zero-order chi connectivity index (χ0) is 18.5. The molecule has 1 saturated heterocycles. The molecule has 1 fully saturated rings. The number of anilines is 1. The van der Waals surface area contributed by atoms with Crippen molar-refractivity contribution >= 4 is 29.3 Å². The third-order valence-corrected chi connectivity index (χ3v) is 4.69. The highest BCUT2D eigenvalue weighted by atomic mass is 35.5. The van der Waals surface area contributed by atoms with Crippen molar-refractivity contribution in [2.75, 3.05) is 38.3 Å². The summed E-state index contributed by atoms with van der Waals surface area (Å²) in [6.45, 7) is 5.76. The van der Waals surface area contributed by atoms with Crippen LogP contribution in [0.5, 0.6) is 0 Å². The summed E-state index contributed by atoms with van der Waals surface area (Å²) >= 11 is 6.45. The summed E-state index contributed by atoms with van der Waals surface area (Å²) in [6, 6.07) is 10.5. The summed E-state index contributed by atoms with van der Waals surface area (Å²) in [5.41, 5.74) is 3.74. The first-order valence-electron chi connectivity index (χ1n) is 8.64. The second-order valence-electron chi connectivity index (χ2n) is 6.47. The molecule has 1 aliphatic heterocycles. The number of halogens is 2. The number of hydrogen-bond donors (Lipinski definition) is 0. The maximum atomic E-state index is 13.4. The fraction of sp³-hybridized carbons (Fsp3) is 0.350. The van der Waals surface area contributed by atoms with E-state index >= 15 is 0 Å². The van der Waals surface area contributed by atoms with E-state index in [2.05, 4.69) is 14.8 Å². The van der Waals surface area contributed by atoms with Gasteiger partial charge in [-0.1, -0.05) is 23.7 Å². The van der Waals surface area contributed by atoms with Gasteiger partial charge in [0.1, 0.15) is 5.82 Å². The molecule has 0 unspecified atom stereocenters. The van der Waals surface area contributed by atoms with E-state index in [1.54, 1.807) is 12.1 Å². The van der Waals surface area contributed by atoms with Crippen LogP contribution in [0.15, 0.2) is 41.4 Å². The van der Waals surface area contributed by atoms with E-state index in [1.165, 1.54) is 6.07 Å². The van der Waals surface area contributed by atoms with E-state index in [9.17, 15) is 4.39 Å². The molecule has 6 heteroatoms. The highest BCUT2D eigenvalue weighted by Gasteiger charge is 2.11. The molecule has 0 radical (unpaired) electrons. The summed E-state index contributed by atoms with van der Waals surface area (Å²) < 4.78 is 18.7. The Labute approximate surface area is 158 Å². The lowest BCUT2D eigenvalue weighted by molar-refractivity contribution is 0.0701. The molecule has 0 aromatic heterocycles. The average Bonchev–Trinajstić information content (AvgIpc) is 2.63. The van der Waals surface area contributed by atoms with Gasteiger partial charge in [-0.15, -0.1) is 0 Å². The van der Waals surface area contributed by atoms with Crippen LogP contribution in [0.1, 0.15) is 11.1 Å². The second kappa shape index (κ2) is 8.52. The van der Waals surface area contributed by atoms with E-state index in [4.69, 9.17) is 16.3 Å². The van der Waals surface area contributed by atoms with Crippen molar-refractivity contribution in [2.24, 2.45) is 4.99 Å². The molecule has 3 rings (SSSR count). The minimum Gasteiger partial charge on any atom is -0.378 e. The summed E-state index contributed by atoms with van der Waals surface area (Å²) in [6.07, 6.45) is 1.83. The monoisotopic (exact) mass is 375 g/mol. The lowest BCUT2D eigenvalue weighted by Gasteiger charge is -2.24. The first kappa shape index (κ1) is 18.7. The van der Waals surface area contributed by atoms with Gasteiger partial charge in [0.25, 0.3) is 0 Å². The van der Waals surface area contributed by atoms with Crippen LogP contribution in [0, 0.1) is 12.7 Å². The number of rotatable bonds is 5. The molecule has 0 bridgehead atoms. The number of morpholine rings is 1. The van der Waals surface area contributed by atoms with Crippen molar-refractivity contribution in [3.8, 4) is 0 Å². The topological polar surface area (TPSA) is 28.1 Å². The first-order valence-corrected chi connectivity index (χ1v) is 9.02. The molecule has 0 aliphatic carbocycles. The maximum Gasteiger partial charge on any atom is 0.123 e. The van der Waals surface area contributed by atoms with E-state index in [0.717, 1.165) is 48.8 Å². The van der Waals surface area contributed by atoms with Gasteiger partial charge in [-0.2, -0.15) is 0 Å². The van der Waals surface area contributed by atoms with Gasteiger partial charge >= 0.3 is 0 Å². The van der Waals surface area contributed by atoms with Crippen LogP contribution in [0.25, 0.3) is 0 Å². The number of ether oxygens (including phenoxy) is 1. The van der Waals surface area contributed by atoms with Crippen molar-refractivity contribution < 1.29 is 9.13 Å². The molecule has 0 spiro atoms. The zero-order valence-corrected chi connectivity index (χ0v) is 15.8. The predicted molar refractivity (Wildman–Crippen MR) is 105 cm³/mol. The summed E-state index contributed by atoms with van der Waals surface area (Å²) in [7, 11) is 1.97. The second-order valence-corrected chi connectivity index (χ2v) is 6.88. The van der Waals surface area contributed by atoms with Gasteiger partial charge in [-0.25, -0.2) is 9.38 Å². The summed E-state index contributed by atoms with van der Waals surface area (Å²) in [4.78, 5) is 8.72. The quantitative estimate of drug-likeness (QED) is 0.572. The Kier molecular flexibility index (Phi) is 6.12. The number of aryl methyl sites for hydroxylation is 1. The van der Waals surface area contributed by atoms with E-state index in [1.807, 2.05) is 38.5 Å². The normalized spacial score (nSPS) is 14.8. The van der Waals surface area contributed by atoms with Gasteiger partial charge in [-0.05, 0) is 42.3 Å². The number of aliphatic imine (C=N–C) groups is 1. The molecule has 26 heavy (non-hydrogen) atoms. The van der Waals surface area contributed by atoms with Gasteiger partial charge in [0, 0.05) is 32.4 Å². The standard InChI is InChI=1S/C20H23ClFN3O/c1-15-10-19(23-14-25-6-8-26-9-7-25)18(21)12-20(15)24(2)13-16-4-3-5-17(22)11-16/h3-5,10-12,14H,6-9,13H2,1-2H3/b23-14+.